The topological polar surface area (TPSA) is 58.9 Å². The van der Waals surface area contributed by atoms with E-state index in [2.05, 4.69) is 25.8 Å². The molecule has 1 N–H and O–H groups in total. The van der Waals surface area contributed by atoms with Crippen molar-refractivity contribution in [2.45, 2.75) is 65.2 Å². The molecule has 0 aromatic heterocycles. The summed E-state index contributed by atoms with van der Waals surface area (Å²) in [6.45, 7) is 9.93. The second-order valence-corrected chi connectivity index (χ2v) is 7.66. The molecule has 106 valence electrons. The summed E-state index contributed by atoms with van der Waals surface area (Å²) in [5.74, 6) is -0.00808. The van der Waals surface area contributed by atoms with Gasteiger partial charge in [-0.3, -0.25) is 4.99 Å². The Hall–Kier alpha value is -0.900. The number of ether oxygens (including phenoxy) is 1. The first-order valence-corrected chi connectivity index (χ1v) is 7.09. The van der Waals surface area contributed by atoms with E-state index in [1.54, 1.807) is 13.8 Å². The largest absolute Gasteiger partial charge is 0.454 e. The fourth-order valence-corrected chi connectivity index (χ4v) is 4.20. The molecule has 4 nitrogen and oxygen atoms in total. The van der Waals surface area contributed by atoms with Crippen LogP contribution in [0.15, 0.2) is 4.99 Å². The van der Waals surface area contributed by atoms with Gasteiger partial charge in [0.1, 0.15) is 6.10 Å². The van der Waals surface area contributed by atoms with Gasteiger partial charge in [-0.1, -0.05) is 20.8 Å². The van der Waals surface area contributed by atoms with Crippen LogP contribution in [0.4, 0.5) is 0 Å². The third-order valence-corrected chi connectivity index (χ3v) is 5.90. The number of aliphatic imine (C=N–C) groups is 1. The van der Waals surface area contributed by atoms with Crippen LogP contribution in [0.1, 0.15) is 47.5 Å². The molecule has 1 aliphatic heterocycles. The highest BCUT2D eigenvalue weighted by Gasteiger charge is 2.68. The summed E-state index contributed by atoms with van der Waals surface area (Å²) in [5.41, 5.74) is -0.0744. The molecule has 1 heterocycles. The minimum absolute atomic E-state index is 0.0171. The molecule has 2 aliphatic carbocycles. The van der Waals surface area contributed by atoms with E-state index in [1.165, 1.54) is 0 Å². The molecule has 2 bridgehead atoms. The van der Waals surface area contributed by atoms with Crippen LogP contribution < -0.4 is 0 Å². The Kier molecular flexibility index (Phi) is 2.35. The number of hydrogen-bond acceptors (Lipinski definition) is 4. The minimum Gasteiger partial charge on any atom is -0.454 e. The van der Waals surface area contributed by atoms with Crippen LogP contribution in [0, 0.1) is 16.7 Å². The Morgan fingerprint density at radius 3 is 2.58 bits per heavy atom. The number of carbonyl (C=O) groups is 1. The second kappa shape index (κ2) is 3.40. The number of rotatable bonds is 1. The number of esters is 1. The molecular weight excluding hydrogens is 242 g/mol. The van der Waals surface area contributed by atoms with Gasteiger partial charge in [-0.25, -0.2) is 4.79 Å². The number of fused-ring (bicyclic) bond motifs is 5. The maximum Gasteiger partial charge on any atom is 0.334 e. The van der Waals surface area contributed by atoms with Crippen LogP contribution >= 0.6 is 0 Å². The molecule has 3 rings (SSSR count). The van der Waals surface area contributed by atoms with Gasteiger partial charge < -0.3 is 9.84 Å². The summed E-state index contributed by atoms with van der Waals surface area (Å²) >= 11 is 0. The normalized spacial score (nSPS) is 43.8. The van der Waals surface area contributed by atoms with E-state index in [0.29, 0.717) is 5.92 Å². The Balaban J connectivity index is 2.08. The molecule has 1 unspecified atom stereocenters. The van der Waals surface area contributed by atoms with E-state index in [1.807, 2.05) is 0 Å². The quantitative estimate of drug-likeness (QED) is 0.737. The zero-order valence-electron chi connectivity index (χ0n) is 12.4. The summed E-state index contributed by atoms with van der Waals surface area (Å²) < 4.78 is 5.69. The highest BCUT2D eigenvalue weighted by molar-refractivity contribution is 6.01. The summed E-state index contributed by atoms with van der Waals surface area (Å²) in [7, 11) is 0. The van der Waals surface area contributed by atoms with Crippen LogP contribution in [0.2, 0.25) is 0 Å². The number of aliphatic hydroxyl groups is 1. The zero-order valence-corrected chi connectivity index (χ0v) is 12.4. The number of nitrogens with zero attached hydrogens (tertiary/aromatic N) is 1. The van der Waals surface area contributed by atoms with Gasteiger partial charge in [0, 0.05) is 11.3 Å². The van der Waals surface area contributed by atoms with Crippen LogP contribution in [-0.2, 0) is 9.53 Å². The molecule has 4 atom stereocenters. The first-order chi connectivity index (χ1) is 8.59. The van der Waals surface area contributed by atoms with Crippen molar-refractivity contribution in [1.29, 1.82) is 0 Å². The Morgan fingerprint density at radius 1 is 1.37 bits per heavy atom. The number of carbonyl (C=O) groups excluding carboxylic acids is 1. The first-order valence-electron chi connectivity index (χ1n) is 7.09. The molecule has 19 heavy (non-hydrogen) atoms. The lowest BCUT2D eigenvalue weighted by atomic mass is 9.70. The third kappa shape index (κ3) is 1.44. The molecule has 0 radical (unpaired) electrons. The Labute approximate surface area is 114 Å². The standard InChI is InChI=1S/C15H23NO3/c1-13(2)8-6-7-15(13,5)11-9(8)16-10(12(17)19-11)14(3,4)18/h8,10-11,18H,6-7H2,1-5H3/t8-,10?,11-,15+/m1/s1. The zero-order chi connectivity index (χ0) is 14.2. The smallest absolute Gasteiger partial charge is 0.334 e. The molecule has 0 saturated heterocycles. The van der Waals surface area contributed by atoms with E-state index in [0.717, 1.165) is 18.6 Å². The molecule has 0 amide bonds. The Morgan fingerprint density at radius 2 is 2.00 bits per heavy atom. The Bertz CT molecular complexity index is 474. The lowest BCUT2D eigenvalue weighted by Crippen LogP contribution is -2.52. The predicted molar refractivity (Wildman–Crippen MR) is 72.0 cm³/mol. The van der Waals surface area contributed by atoms with E-state index < -0.39 is 11.6 Å². The lowest BCUT2D eigenvalue weighted by Gasteiger charge is -2.40. The minimum atomic E-state index is -1.16. The fourth-order valence-electron chi connectivity index (χ4n) is 4.20. The third-order valence-electron chi connectivity index (χ3n) is 5.90. The van der Waals surface area contributed by atoms with Crippen molar-refractivity contribution >= 4 is 11.7 Å². The number of hydrogen-bond donors (Lipinski definition) is 1. The lowest BCUT2D eigenvalue weighted by molar-refractivity contribution is -0.161. The predicted octanol–water partition coefficient (Wildman–Crippen LogP) is 1.95. The van der Waals surface area contributed by atoms with Crippen LogP contribution in [0.3, 0.4) is 0 Å². The average molecular weight is 265 g/mol. The van der Waals surface area contributed by atoms with Gasteiger partial charge in [-0.2, -0.15) is 0 Å². The van der Waals surface area contributed by atoms with Gasteiger partial charge in [-0.05, 0) is 32.1 Å². The second-order valence-electron chi connectivity index (χ2n) is 7.66. The van der Waals surface area contributed by atoms with Crippen LogP contribution in [0.25, 0.3) is 0 Å². The van der Waals surface area contributed by atoms with Gasteiger partial charge in [0.25, 0.3) is 0 Å². The van der Waals surface area contributed by atoms with Crippen molar-refractivity contribution in [2.24, 2.45) is 21.7 Å². The molecule has 3 aliphatic rings. The SMILES string of the molecule is CC(C)(O)C1N=C2[C@H]3CC[C@@](C)([C@@H]2OC1=O)C3(C)C. The van der Waals surface area contributed by atoms with Crippen molar-refractivity contribution in [3.8, 4) is 0 Å². The van der Waals surface area contributed by atoms with E-state index in [9.17, 15) is 9.90 Å². The van der Waals surface area contributed by atoms with Gasteiger partial charge in [-0.15, -0.1) is 0 Å². The van der Waals surface area contributed by atoms with Crippen molar-refractivity contribution in [1.82, 2.24) is 0 Å². The van der Waals surface area contributed by atoms with Crippen LogP contribution in [0.5, 0.6) is 0 Å². The summed E-state index contributed by atoms with van der Waals surface area (Å²) in [4.78, 5) is 16.7. The van der Waals surface area contributed by atoms with Crippen molar-refractivity contribution < 1.29 is 14.6 Å². The van der Waals surface area contributed by atoms with Gasteiger partial charge >= 0.3 is 5.97 Å². The van der Waals surface area contributed by atoms with Gasteiger partial charge in [0.15, 0.2) is 6.04 Å². The van der Waals surface area contributed by atoms with Crippen molar-refractivity contribution in [3.05, 3.63) is 0 Å². The molecule has 2 saturated carbocycles. The van der Waals surface area contributed by atoms with Gasteiger partial charge in [0.05, 0.1) is 11.3 Å². The highest BCUT2D eigenvalue weighted by Crippen LogP contribution is 2.65. The summed E-state index contributed by atoms with van der Waals surface area (Å²) in [6.07, 6.45) is 2.00. The highest BCUT2D eigenvalue weighted by atomic mass is 16.6. The fraction of sp³-hybridized carbons (Fsp3) is 0.867. The molecule has 0 spiro atoms. The van der Waals surface area contributed by atoms with E-state index in [4.69, 9.17) is 4.74 Å². The van der Waals surface area contributed by atoms with Crippen LogP contribution in [-0.4, -0.2) is 34.5 Å². The maximum absolute atomic E-state index is 12.1. The average Bonchev–Trinajstić information content (AvgIpc) is 2.58. The molecule has 4 heteroatoms. The summed E-state index contributed by atoms with van der Waals surface area (Å²) in [5, 5.41) is 10.1. The molecule has 0 aromatic rings. The van der Waals surface area contributed by atoms with Gasteiger partial charge in [0.2, 0.25) is 0 Å². The van der Waals surface area contributed by atoms with Crippen molar-refractivity contribution in [3.63, 3.8) is 0 Å². The molecule has 2 fully saturated rings. The van der Waals surface area contributed by atoms with E-state index in [-0.39, 0.29) is 22.9 Å². The monoisotopic (exact) mass is 265 g/mol. The van der Waals surface area contributed by atoms with E-state index >= 15 is 0 Å². The summed E-state index contributed by atoms with van der Waals surface area (Å²) in [6, 6.07) is -0.780. The molecular formula is C15H23NO3. The molecule has 0 aromatic carbocycles. The van der Waals surface area contributed by atoms with Crippen molar-refractivity contribution in [2.75, 3.05) is 0 Å². The first kappa shape index (κ1) is 13.1. The maximum atomic E-state index is 12.1.